The molecule has 1 aromatic rings. The Bertz CT molecular complexity index is 334. The third-order valence-corrected chi connectivity index (χ3v) is 1.08. The molecule has 0 aliphatic rings. The van der Waals surface area contributed by atoms with E-state index in [1.54, 1.807) is 0 Å². The number of hydrogen-bond donors (Lipinski definition) is 0. The zero-order valence-corrected chi connectivity index (χ0v) is 5.40. The second-order valence-electron chi connectivity index (χ2n) is 1.79. The molecule has 4 heteroatoms. The van der Waals surface area contributed by atoms with Gasteiger partial charge in [-0.3, -0.25) is 4.79 Å². The SMILES string of the molecule is Cn1nc(C#N)ccc1=O. The minimum Gasteiger partial charge on any atom is -0.268 e. The molecule has 0 saturated heterocycles. The van der Waals surface area contributed by atoms with Gasteiger partial charge < -0.3 is 0 Å². The highest BCUT2D eigenvalue weighted by atomic mass is 16.1. The minimum absolute atomic E-state index is 0.209. The molecule has 0 saturated carbocycles. The van der Waals surface area contributed by atoms with Crippen molar-refractivity contribution in [2.24, 2.45) is 7.05 Å². The van der Waals surface area contributed by atoms with E-state index >= 15 is 0 Å². The maximum Gasteiger partial charge on any atom is 0.266 e. The van der Waals surface area contributed by atoms with Gasteiger partial charge in [0.15, 0.2) is 5.69 Å². The largest absolute Gasteiger partial charge is 0.268 e. The van der Waals surface area contributed by atoms with Crippen molar-refractivity contribution in [3.05, 3.63) is 28.2 Å². The van der Waals surface area contributed by atoms with E-state index in [9.17, 15) is 4.79 Å². The fraction of sp³-hybridized carbons (Fsp3) is 0.167. The van der Waals surface area contributed by atoms with E-state index in [1.807, 2.05) is 6.07 Å². The normalized spacial score (nSPS) is 8.80. The van der Waals surface area contributed by atoms with Crippen LogP contribution in [-0.2, 0) is 7.05 Å². The van der Waals surface area contributed by atoms with Crippen molar-refractivity contribution in [3.63, 3.8) is 0 Å². The standard InChI is InChI=1S/C6H5N3O/c1-9-6(10)3-2-5(4-7)8-9/h2-3H,1H3. The highest BCUT2D eigenvalue weighted by Crippen LogP contribution is 1.82. The number of aromatic nitrogens is 2. The molecule has 0 aromatic carbocycles. The molecule has 0 atom stereocenters. The van der Waals surface area contributed by atoms with E-state index in [1.165, 1.54) is 19.2 Å². The fourth-order valence-electron chi connectivity index (χ4n) is 0.562. The number of rotatable bonds is 0. The van der Waals surface area contributed by atoms with Crippen LogP contribution >= 0.6 is 0 Å². The topological polar surface area (TPSA) is 58.7 Å². The lowest BCUT2D eigenvalue weighted by Crippen LogP contribution is -2.18. The van der Waals surface area contributed by atoms with Gasteiger partial charge in [-0.15, -0.1) is 0 Å². The molecular formula is C6H5N3O. The molecule has 0 N–H and O–H groups in total. The highest BCUT2D eigenvalue weighted by molar-refractivity contribution is 5.16. The fourth-order valence-corrected chi connectivity index (χ4v) is 0.562. The Morgan fingerprint density at radius 2 is 2.40 bits per heavy atom. The zero-order valence-electron chi connectivity index (χ0n) is 5.40. The summed E-state index contributed by atoms with van der Waals surface area (Å²) in [4.78, 5) is 10.7. The first-order valence-electron chi connectivity index (χ1n) is 2.68. The molecule has 0 fully saturated rings. The van der Waals surface area contributed by atoms with E-state index in [0.29, 0.717) is 0 Å². The number of nitrogens with zero attached hydrogens (tertiary/aromatic N) is 3. The van der Waals surface area contributed by atoms with Gasteiger partial charge in [0.2, 0.25) is 0 Å². The summed E-state index contributed by atoms with van der Waals surface area (Å²) >= 11 is 0. The van der Waals surface area contributed by atoms with Crippen molar-refractivity contribution < 1.29 is 0 Å². The maximum absolute atomic E-state index is 10.7. The van der Waals surface area contributed by atoms with E-state index in [4.69, 9.17) is 5.26 Å². The number of hydrogen-bond acceptors (Lipinski definition) is 3. The zero-order chi connectivity index (χ0) is 7.56. The van der Waals surface area contributed by atoms with Gasteiger partial charge in [-0.05, 0) is 6.07 Å². The third kappa shape index (κ3) is 1.03. The molecule has 1 rings (SSSR count). The van der Waals surface area contributed by atoms with Crippen LogP contribution in [0.1, 0.15) is 5.69 Å². The van der Waals surface area contributed by atoms with Crippen LogP contribution < -0.4 is 5.56 Å². The molecule has 0 radical (unpaired) electrons. The van der Waals surface area contributed by atoms with Gasteiger partial charge in [-0.1, -0.05) is 0 Å². The summed E-state index contributed by atoms with van der Waals surface area (Å²) in [6, 6.07) is 4.53. The van der Waals surface area contributed by atoms with Gasteiger partial charge in [0.25, 0.3) is 5.56 Å². The summed E-state index contributed by atoms with van der Waals surface area (Å²) in [6.07, 6.45) is 0. The average Bonchev–Trinajstić information content (AvgIpc) is 1.95. The minimum atomic E-state index is -0.209. The molecule has 50 valence electrons. The highest BCUT2D eigenvalue weighted by Gasteiger charge is 1.92. The molecule has 0 amide bonds. The molecule has 0 aliphatic heterocycles. The van der Waals surface area contributed by atoms with Crippen LogP contribution in [-0.4, -0.2) is 9.78 Å². The summed E-state index contributed by atoms with van der Waals surface area (Å²) in [5.41, 5.74) is 0.0427. The first-order valence-corrected chi connectivity index (χ1v) is 2.68. The molecule has 0 unspecified atom stereocenters. The van der Waals surface area contributed by atoms with Crippen molar-refractivity contribution >= 4 is 0 Å². The van der Waals surface area contributed by atoms with Crippen LogP contribution in [0.5, 0.6) is 0 Å². The lowest BCUT2D eigenvalue weighted by atomic mass is 10.4. The first-order chi connectivity index (χ1) is 4.74. The van der Waals surface area contributed by atoms with Crippen LogP contribution in [0.3, 0.4) is 0 Å². The van der Waals surface area contributed by atoms with Gasteiger partial charge >= 0.3 is 0 Å². The van der Waals surface area contributed by atoms with Gasteiger partial charge in [0, 0.05) is 13.1 Å². The second kappa shape index (κ2) is 2.31. The van der Waals surface area contributed by atoms with Gasteiger partial charge in [0.1, 0.15) is 6.07 Å². The maximum atomic E-state index is 10.7. The van der Waals surface area contributed by atoms with E-state index in [-0.39, 0.29) is 11.3 Å². The van der Waals surface area contributed by atoms with Crippen LogP contribution in [0.15, 0.2) is 16.9 Å². The Kier molecular flexibility index (Phi) is 1.50. The molecular weight excluding hydrogens is 130 g/mol. The average molecular weight is 135 g/mol. The van der Waals surface area contributed by atoms with Gasteiger partial charge in [-0.2, -0.15) is 10.4 Å². The Balaban J connectivity index is 3.34. The molecule has 1 aromatic heterocycles. The summed E-state index contributed by atoms with van der Waals surface area (Å²) in [6.45, 7) is 0. The summed E-state index contributed by atoms with van der Waals surface area (Å²) in [7, 11) is 1.50. The Hall–Kier alpha value is -1.63. The van der Waals surface area contributed by atoms with Crippen molar-refractivity contribution in [2.45, 2.75) is 0 Å². The molecule has 1 heterocycles. The van der Waals surface area contributed by atoms with Crippen molar-refractivity contribution in [2.75, 3.05) is 0 Å². The van der Waals surface area contributed by atoms with Crippen molar-refractivity contribution in [3.8, 4) is 6.07 Å². The van der Waals surface area contributed by atoms with Crippen molar-refractivity contribution in [1.29, 1.82) is 5.26 Å². The van der Waals surface area contributed by atoms with E-state index in [0.717, 1.165) is 4.68 Å². The van der Waals surface area contributed by atoms with Crippen molar-refractivity contribution in [1.82, 2.24) is 9.78 Å². The van der Waals surface area contributed by atoms with E-state index < -0.39 is 0 Å². The monoisotopic (exact) mass is 135 g/mol. The molecule has 0 aliphatic carbocycles. The third-order valence-electron chi connectivity index (χ3n) is 1.08. The van der Waals surface area contributed by atoms with Gasteiger partial charge in [0.05, 0.1) is 0 Å². The van der Waals surface area contributed by atoms with Crippen LogP contribution in [0.25, 0.3) is 0 Å². The Morgan fingerprint density at radius 3 is 2.90 bits per heavy atom. The van der Waals surface area contributed by atoms with Crippen LogP contribution in [0, 0.1) is 11.3 Å². The predicted molar refractivity (Wildman–Crippen MR) is 34.2 cm³/mol. The molecule has 0 spiro atoms. The Labute approximate surface area is 57.3 Å². The molecule has 10 heavy (non-hydrogen) atoms. The molecule has 4 nitrogen and oxygen atoms in total. The number of aryl methyl sites for hydroxylation is 1. The lowest BCUT2D eigenvalue weighted by Gasteiger charge is -1.91. The first kappa shape index (κ1) is 6.49. The van der Waals surface area contributed by atoms with Crippen LogP contribution in [0.2, 0.25) is 0 Å². The summed E-state index contributed by atoms with van der Waals surface area (Å²) < 4.78 is 1.12. The second-order valence-corrected chi connectivity index (χ2v) is 1.79. The Morgan fingerprint density at radius 1 is 1.70 bits per heavy atom. The predicted octanol–water partition coefficient (Wildman–Crippen LogP) is -0.348. The summed E-state index contributed by atoms with van der Waals surface area (Å²) in [5, 5.41) is 12.0. The van der Waals surface area contributed by atoms with Gasteiger partial charge in [-0.25, -0.2) is 4.68 Å². The molecule has 0 bridgehead atoms. The summed E-state index contributed by atoms with van der Waals surface area (Å²) in [5.74, 6) is 0. The number of nitriles is 1. The quantitative estimate of drug-likeness (QED) is 0.488. The smallest absolute Gasteiger partial charge is 0.266 e. The van der Waals surface area contributed by atoms with Crippen LogP contribution in [0.4, 0.5) is 0 Å². The lowest BCUT2D eigenvalue weighted by molar-refractivity contribution is 0.701. The van der Waals surface area contributed by atoms with E-state index in [2.05, 4.69) is 5.10 Å².